The van der Waals surface area contributed by atoms with E-state index in [0.717, 1.165) is 24.3 Å². The Kier molecular flexibility index (Phi) is 2.97. The average Bonchev–Trinajstić information content (AvgIpc) is 2.86. The van der Waals surface area contributed by atoms with Crippen molar-refractivity contribution in [3.05, 3.63) is 34.0 Å². The summed E-state index contributed by atoms with van der Waals surface area (Å²) in [4.78, 5) is 2.04. The predicted molar refractivity (Wildman–Crippen MR) is 58.0 cm³/mol. The van der Waals surface area contributed by atoms with Gasteiger partial charge in [0.15, 0.2) is 0 Å². The summed E-state index contributed by atoms with van der Waals surface area (Å²) in [5.74, 6) is 0. The average molecular weight is 204 g/mol. The van der Waals surface area contributed by atoms with Crippen LogP contribution in [0.25, 0.3) is 0 Å². The maximum absolute atomic E-state index is 8.66. The number of thiophene rings is 1. The second kappa shape index (κ2) is 4.41. The van der Waals surface area contributed by atoms with Crippen LogP contribution in [0, 0.1) is 11.3 Å². The zero-order chi connectivity index (χ0) is 9.80. The highest BCUT2D eigenvalue weighted by molar-refractivity contribution is 7.12. The fourth-order valence-electron chi connectivity index (χ4n) is 1.56. The van der Waals surface area contributed by atoms with Gasteiger partial charge < -0.3 is 5.32 Å². The molecule has 0 fully saturated rings. The highest BCUT2D eigenvalue weighted by atomic mass is 32.1. The van der Waals surface area contributed by atoms with Crippen molar-refractivity contribution in [1.82, 2.24) is 5.32 Å². The normalized spacial score (nSPS) is 15.9. The van der Waals surface area contributed by atoms with Gasteiger partial charge in [-0.3, -0.25) is 0 Å². The molecule has 0 spiro atoms. The predicted octanol–water partition coefficient (Wildman–Crippen LogP) is 2.43. The number of rotatable bonds is 3. The first-order valence-corrected chi connectivity index (χ1v) is 5.57. The Labute approximate surface area is 87.9 Å². The first kappa shape index (κ1) is 9.45. The van der Waals surface area contributed by atoms with Crippen LogP contribution in [0.4, 0.5) is 0 Å². The zero-order valence-corrected chi connectivity index (χ0v) is 8.68. The first-order chi connectivity index (χ1) is 6.88. The molecule has 0 bridgehead atoms. The summed E-state index contributed by atoms with van der Waals surface area (Å²) >= 11 is 1.57. The minimum Gasteiger partial charge on any atom is -0.308 e. The van der Waals surface area contributed by atoms with E-state index in [1.54, 1.807) is 11.3 Å². The lowest BCUT2D eigenvalue weighted by molar-refractivity contribution is 0.542. The largest absolute Gasteiger partial charge is 0.308 e. The molecule has 0 saturated heterocycles. The molecule has 1 heterocycles. The van der Waals surface area contributed by atoms with Gasteiger partial charge in [0.25, 0.3) is 0 Å². The Morgan fingerprint density at radius 1 is 1.43 bits per heavy atom. The van der Waals surface area contributed by atoms with Crippen molar-refractivity contribution in [2.24, 2.45) is 0 Å². The van der Waals surface area contributed by atoms with Crippen molar-refractivity contribution in [2.75, 3.05) is 0 Å². The third-order valence-electron chi connectivity index (χ3n) is 2.34. The number of nitrogens with zero attached hydrogens (tertiary/aromatic N) is 1. The van der Waals surface area contributed by atoms with Gasteiger partial charge in [-0.15, -0.1) is 11.3 Å². The second-order valence-corrected chi connectivity index (χ2v) is 4.57. The van der Waals surface area contributed by atoms with Crippen molar-refractivity contribution < 1.29 is 0 Å². The molecule has 1 aromatic rings. The highest BCUT2D eigenvalue weighted by Crippen LogP contribution is 2.16. The van der Waals surface area contributed by atoms with E-state index in [2.05, 4.69) is 23.5 Å². The van der Waals surface area contributed by atoms with Gasteiger partial charge in [-0.1, -0.05) is 12.2 Å². The molecule has 0 aliphatic heterocycles. The lowest BCUT2D eigenvalue weighted by Gasteiger charge is -2.09. The topological polar surface area (TPSA) is 35.8 Å². The quantitative estimate of drug-likeness (QED) is 0.767. The maximum atomic E-state index is 8.66. The molecule has 14 heavy (non-hydrogen) atoms. The van der Waals surface area contributed by atoms with E-state index < -0.39 is 0 Å². The molecule has 0 radical (unpaired) electrons. The Balaban J connectivity index is 1.83. The first-order valence-electron chi connectivity index (χ1n) is 4.75. The molecular weight excluding hydrogens is 192 g/mol. The van der Waals surface area contributed by atoms with Crippen LogP contribution in [0.5, 0.6) is 0 Å². The van der Waals surface area contributed by atoms with E-state index in [4.69, 9.17) is 5.26 Å². The van der Waals surface area contributed by atoms with Crippen molar-refractivity contribution in [3.8, 4) is 6.07 Å². The van der Waals surface area contributed by atoms with Gasteiger partial charge >= 0.3 is 0 Å². The van der Waals surface area contributed by atoms with Crippen molar-refractivity contribution >= 4 is 11.3 Å². The minimum absolute atomic E-state index is 0.600. The van der Waals surface area contributed by atoms with Crippen LogP contribution in [0.2, 0.25) is 0 Å². The van der Waals surface area contributed by atoms with Crippen LogP contribution in [0.15, 0.2) is 24.3 Å². The molecule has 1 aromatic heterocycles. The van der Waals surface area contributed by atoms with E-state index in [-0.39, 0.29) is 0 Å². The SMILES string of the molecule is N#Cc1ccc(CNC2CC=CC2)s1. The Hall–Kier alpha value is -1.11. The number of nitrogens with one attached hydrogen (secondary N) is 1. The molecule has 2 nitrogen and oxygen atoms in total. The van der Waals surface area contributed by atoms with Crippen molar-refractivity contribution in [2.45, 2.75) is 25.4 Å². The Morgan fingerprint density at radius 2 is 2.21 bits per heavy atom. The van der Waals surface area contributed by atoms with Crippen molar-refractivity contribution in [3.63, 3.8) is 0 Å². The molecule has 2 rings (SSSR count). The number of nitriles is 1. The van der Waals surface area contributed by atoms with E-state index in [9.17, 15) is 0 Å². The minimum atomic E-state index is 0.600. The van der Waals surface area contributed by atoms with E-state index in [1.807, 2.05) is 12.1 Å². The van der Waals surface area contributed by atoms with E-state index >= 15 is 0 Å². The lowest BCUT2D eigenvalue weighted by Crippen LogP contribution is -2.25. The molecule has 1 N–H and O–H groups in total. The molecule has 72 valence electrons. The van der Waals surface area contributed by atoms with Crippen LogP contribution in [0.1, 0.15) is 22.6 Å². The monoisotopic (exact) mass is 204 g/mol. The summed E-state index contributed by atoms with van der Waals surface area (Å²) in [7, 11) is 0. The molecule has 0 saturated carbocycles. The lowest BCUT2D eigenvalue weighted by atomic mass is 10.2. The van der Waals surface area contributed by atoms with Gasteiger partial charge in [-0.05, 0) is 25.0 Å². The molecule has 1 aliphatic carbocycles. The smallest absolute Gasteiger partial charge is 0.110 e. The van der Waals surface area contributed by atoms with Gasteiger partial charge in [0.2, 0.25) is 0 Å². The zero-order valence-electron chi connectivity index (χ0n) is 7.86. The fraction of sp³-hybridized carbons (Fsp3) is 0.364. The summed E-state index contributed by atoms with van der Waals surface area (Å²) in [6, 6.07) is 6.66. The van der Waals surface area contributed by atoms with Gasteiger partial charge in [-0.2, -0.15) is 5.26 Å². The molecule has 0 amide bonds. The van der Waals surface area contributed by atoms with Gasteiger partial charge in [0, 0.05) is 17.5 Å². The third kappa shape index (κ3) is 2.22. The summed E-state index contributed by atoms with van der Waals surface area (Å²) in [6.07, 6.45) is 6.70. The molecule has 0 aromatic carbocycles. The van der Waals surface area contributed by atoms with E-state index in [1.165, 1.54) is 4.88 Å². The van der Waals surface area contributed by atoms with Crippen LogP contribution in [-0.4, -0.2) is 6.04 Å². The van der Waals surface area contributed by atoms with Crippen LogP contribution in [-0.2, 0) is 6.54 Å². The highest BCUT2D eigenvalue weighted by Gasteiger charge is 2.09. The van der Waals surface area contributed by atoms with E-state index in [0.29, 0.717) is 6.04 Å². The standard InChI is InChI=1S/C11H12N2S/c12-7-10-5-6-11(14-10)8-13-9-3-1-2-4-9/h1-2,5-6,9,13H,3-4,8H2. The molecule has 1 aliphatic rings. The van der Waals surface area contributed by atoms with Gasteiger partial charge in [-0.25, -0.2) is 0 Å². The molecular formula is C11H12N2S. The van der Waals surface area contributed by atoms with Crippen LogP contribution < -0.4 is 5.32 Å². The Bertz CT molecular complexity index is 365. The third-order valence-corrected chi connectivity index (χ3v) is 3.33. The summed E-state index contributed by atoms with van der Waals surface area (Å²) in [5.41, 5.74) is 0. The second-order valence-electron chi connectivity index (χ2n) is 3.40. The molecule has 3 heteroatoms. The van der Waals surface area contributed by atoms with Crippen LogP contribution in [0.3, 0.4) is 0 Å². The molecule has 0 atom stereocenters. The van der Waals surface area contributed by atoms with Crippen LogP contribution >= 0.6 is 11.3 Å². The molecule has 0 unspecified atom stereocenters. The summed E-state index contributed by atoms with van der Waals surface area (Å²) in [6.45, 7) is 0.888. The Morgan fingerprint density at radius 3 is 2.86 bits per heavy atom. The number of hydrogen-bond acceptors (Lipinski definition) is 3. The van der Waals surface area contributed by atoms with Gasteiger partial charge in [0.1, 0.15) is 10.9 Å². The summed E-state index contributed by atoms with van der Waals surface area (Å²) in [5, 5.41) is 12.1. The van der Waals surface area contributed by atoms with Crippen molar-refractivity contribution in [1.29, 1.82) is 5.26 Å². The fourth-order valence-corrected chi connectivity index (χ4v) is 2.32. The maximum Gasteiger partial charge on any atom is 0.110 e. The number of hydrogen-bond donors (Lipinski definition) is 1. The van der Waals surface area contributed by atoms with Gasteiger partial charge in [0.05, 0.1) is 0 Å². The summed E-state index contributed by atoms with van der Waals surface area (Å²) < 4.78 is 0.